The van der Waals surface area contributed by atoms with Crippen LogP contribution in [0, 0.1) is 13.8 Å². The Balaban J connectivity index is 1.77. The minimum Gasteiger partial charge on any atom is -0.297 e. The lowest BCUT2D eigenvalue weighted by molar-refractivity contribution is -0.125. The number of ketones is 1. The zero-order chi connectivity index (χ0) is 19.2. The largest absolute Gasteiger partial charge is 0.297 e. The third-order valence-corrected chi connectivity index (χ3v) is 7.67. The van der Waals surface area contributed by atoms with Crippen molar-refractivity contribution in [1.29, 1.82) is 0 Å². The van der Waals surface area contributed by atoms with Crippen LogP contribution in [-0.2, 0) is 9.59 Å². The number of thioether (sulfide) groups is 1. The smallest absolute Gasteiger partial charge is 0.204 e. The monoisotopic (exact) mass is 398 g/mol. The summed E-state index contributed by atoms with van der Waals surface area (Å²) in [7, 11) is 0. The summed E-state index contributed by atoms with van der Waals surface area (Å²) in [5, 5.41) is 0.719. The van der Waals surface area contributed by atoms with Crippen molar-refractivity contribution < 1.29 is 9.59 Å². The molecule has 1 saturated heterocycles. The van der Waals surface area contributed by atoms with Crippen molar-refractivity contribution in [2.75, 3.05) is 0 Å². The molecule has 2 nitrogen and oxygen atoms in total. The topological polar surface area (TPSA) is 34.1 Å². The van der Waals surface area contributed by atoms with Crippen LogP contribution in [-0.4, -0.2) is 15.6 Å². The summed E-state index contributed by atoms with van der Waals surface area (Å²) in [4.78, 5) is 26.3. The lowest BCUT2D eigenvalue weighted by Gasteiger charge is -2.30. The highest BCUT2D eigenvalue weighted by Gasteiger charge is 2.54. The lowest BCUT2D eigenvalue weighted by Crippen LogP contribution is -2.35. The van der Waals surface area contributed by atoms with Crippen molar-refractivity contribution in [3.63, 3.8) is 0 Å². The molecule has 1 aliphatic carbocycles. The van der Waals surface area contributed by atoms with Gasteiger partial charge in [0, 0.05) is 5.02 Å². The Hall–Kier alpha value is -1.58. The molecule has 1 atom stereocenters. The molecule has 2 fully saturated rings. The highest BCUT2D eigenvalue weighted by atomic mass is 35.5. The average molecular weight is 399 g/mol. The zero-order valence-corrected chi connectivity index (χ0v) is 17.3. The first-order chi connectivity index (χ1) is 12.9. The predicted octanol–water partition coefficient (Wildman–Crippen LogP) is 6.25. The quantitative estimate of drug-likeness (QED) is 0.560. The standard InChI is InChI=1S/C23H23ClO2S/c1-14-12-15(2)19(13-18(14)16-6-8-17(24)9-7-16)20-21(25)23(27-22(20)26)10-4-3-5-11-23/h6-9,12-13,20H,3-5,10-11H2,1-2H3. The molecule has 0 N–H and O–H groups in total. The molecule has 2 aromatic rings. The number of hydrogen-bond acceptors (Lipinski definition) is 3. The highest BCUT2D eigenvalue weighted by molar-refractivity contribution is 8.16. The average Bonchev–Trinajstić information content (AvgIpc) is 2.87. The molecular formula is C23H23ClO2S. The van der Waals surface area contributed by atoms with Crippen LogP contribution in [0.25, 0.3) is 11.1 Å². The van der Waals surface area contributed by atoms with Gasteiger partial charge in [-0.3, -0.25) is 9.59 Å². The molecule has 0 radical (unpaired) electrons. The maximum atomic E-state index is 13.4. The maximum Gasteiger partial charge on any atom is 0.204 e. The van der Waals surface area contributed by atoms with Crippen LogP contribution < -0.4 is 0 Å². The third kappa shape index (κ3) is 3.25. The van der Waals surface area contributed by atoms with E-state index in [0.717, 1.165) is 53.5 Å². The van der Waals surface area contributed by atoms with Crippen molar-refractivity contribution in [1.82, 2.24) is 0 Å². The van der Waals surface area contributed by atoms with Gasteiger partial charge >= 0.3 is 0 Å². The summed E-state index contributed by atoms with van der Waals surface area (Å²) >= 11 is 7.34. The fourth-order valence-corrected chi connectivity index (χ4v) is 6.11. The summed E-state index contributed by atoms with van der Waals surface area (Å²) in [5.41, 5.74) is 5.14. The van der Waals surface area contributed by atoms with E-state index in [4.69, 9.17) is 11.6 Å². The molecule has 1 saturated carbocycles. The third-order valence-electron chi connectivity index (χ3n) is 5.98. The SMILES string of the molecule is Cc1cc(C)c(C2C(=O)SC3(CCCCC3)C2=O)cc1-c1ccc(Cl)cc1. The van der Waals surface area contributed by atoms with Gasteiger partial charge in [0.05, 0.1) is 4.75 Å². The molecule has 0 amide bonds. The Morgan fingerprint density at radius 3 is 2.30 bits per heavy atom. The lowest BCUT2D eigenvalue weighted by atomic mass is 9.78. The molecule has 1 unspecified atom stereocenters. The summed E-state index contributed by atoms with van der Waals surface area (Å²) in [6, 6.07) is 11.9. The molecular weight excluding hydrogens is 376 g/mol. The van der Waals surface area contributed by atoms with Crippen LogP contribution in [0.3, 0.4) is 0 Å². The molecule has 4 rings (SSSR count). The van der Waals surface area contributed by atoms with E-state index < -0.39 is 10.7 Å². The van der Waals surface area contributed by atoms with Gasteiger partial charge in [-0.1, -0.05) is 60.8 Å². The van der Waals surface area contributed by atoms with Gasteiger partial charge in [-0.15, -0.1) is 0 Å². The second-order valence-electron chi connectivity index (χ2n) is 7.80. The van der Waals surface area contributed by atoms with Crippen LogP contribution in [0.1, 0.15) is 54.7 Å². The van der Waals surface area contributed by atoms with Crippen molar-refractivity contribution in [3.8, 4) is 11.1 Å². The molecule has 4 heteroatoms. The van der Waals surface area contributed by atoms with Gasteiger partial charge in [-0.05, 0) is 72.7 Å². The normalized spacial score (nSPS) is 21.8. The summed E-state index contributed by atoms with van der Waals surface area (Å²) in [5.74, 6) is -0.494. The number of aryl methyl sites for hydroxylation is 2. The van der Waals surface area contributed by atoms with Crippen LogP contribution in [0.2, 0.25) is 5.02 Å². The fourth-order valence-electron chi connectivity index (χ4n) is 4.53. The first-order valence-corrected chi connectivity index (χ1v) is 10.7. The van der Waals surface area contributed by atoms with E-state index in [9.17, 15) is 9.59 Å². The molecule has 0 aromatic heterocycles. The first-order valence-electron chi connectivity index (χ1n) is 9.55. The van der Waals surface area contributed by atoms with Crippen LogP contribution in [0.15, 0.2) is 36.4 Å². The molecule has 27 heavy (non-hydrogen) atoms. The minimum absolute atomic E-state index is 0.0240. The van der Waals surface area contributed by atoms with Crippen LogP contribution in [0.4, 0.5) is 0 Å². The van der Waals surface area contributed by atoms with Gasteiger partial charge in [0.15, 0.2) is 5.78 Å². The van der Waals surface area contributed by atoms with Crippen molar-refractivity contribution in [3.05, 3.63) is 58.1 Å². The number of rotatable bonds is 2. The van der Waals surface area contributed by atoms with Crippen molar-refractivity contribution in [2.24, 2.45) is 0 Å². The van der Waals surface area contributed by atoms with E-state index >= 15 is 0 Å². The predicted molar refractivity (Wildman–Crippen MR) is 113 cm³/mol. The Morgan fingerprint density at radius 2 is 1.63 bits per heavy atom. The molecule has 1 heterocycles. The first kappa shape index (κ1) is 18.8. The number of carbonyl (C=O) groups is 2. The highest BCUT2D eigenvalue weighted by Crippen LogP contribution is 2.52. The van der Waals surface area contributed by atoms with Gasteiger partial charge in [-0.25, -0.2) is 0 Å². The molecule has 2 aliphatic rings. The maximum absolute atomic E-state index is 13.4. The fraction of sp³-hybridized carbons (Fsp3) is 0.391. The summed E-state index contributed by atoms with van der Waals surface area (Å²) in [6.45, 7) is 4.07. The van der Waals surface area contributed by atoms with Crippen molar-refractivity contribution in [2.45, 2.75) is 56.6 Å². The molecule has 1 spiro atoms. The Bertz CT molecular complexity index is 911. The summed E-state index contributed by atoms with van der Waals surface area (Å²) < 4.78 is -0.474. The molecule has 0 bridgehead atoms. The van der Waals surface area contributed by atoms with E-state index in [-0.39, 0.29) is 10.9 Å². The number of halogens is 1. The number of Topliss-reactive ketones (excluding diaryl/α,β-unsaturated/α-hetero) is 1. The van der Waals surface area contributed by atoms with Crippen molar-refractivity contribution >= 4 is 34.3 Å². The van der Waals surface area contributed by atoms with Gasteiger partial charge in [-0.2, -0.15) is 0 Å². The van der Waals surface area contributed by atoms with Gasteiger partial charge in [0.1, 0.15) is 5.92 Å². The Morgan fingerprint density at radius 1 is 0.963 bits per heavy atom. The van der Waals surface area contributed by atoms with E-state index in [0.29, 0.717) is 5.02 Å². The van der Waals surface area contributed by atoms with E-state index in [2.05, 4.69) is 19.1 Å². The van der Waals surface area contributed by atoms with E-state index in [1.807, 2.05) is 31.2 Å². The van der Waals surface area contributed by atoms with Crippen LogP contribution >= 0.6 is 23.4 Å². The van der Waals surface area contributed by atoms with Crippen LogP contribution in [0.5, 0.6) is 0 Å². The Kier molecular flexibility index (Phi) is 4.94. The van der Waals surface area contributed by atoms with Gasteiger partial charge in [0.2, 0.25) is 5.12 Å². The number of benzene rings is 2. The molecule has 2 aromatic carbocycles. The minimum atomic E-state index is -0.625. The molecule has 140 valence electrons. The number of hydrogen-bond donors (Lipinski definition) is 0. The zero-order valence-electron chi connectivity index (χ0n) is 15.7. The Labute approximate surface area is 169 Å². The van der Waals surface area contributed by atoms with Gasteiger partial charge in [0.25, 0.3) is 0 Å². The van der Waals surface area contributed by atoms with E-state index in [1.54, 1.807) is 0 Å². The second-order valence-corrected chi connectivity index (χ2v) is 9.63. The van der Waals surface area contributed by atoms with Gasteiger partial charge < -0.3 is 0 Å². The van der Waals surface area contributed by atoms with E-state index in [1.165, 1.54) is 18.2 Å². The number of carbonyl (C=O) groups excluding carboxylic acids is 2. The second kappa shape index (κ2) is 7.10. The summed E-state index contributed by atoms with van der Waals surface area (Å²) in [6.07, 6.45) is 4.93. The molecule has 1 aliphatic heterocycles.